The van der Waals surface area contributed by atoms with Crippen molar-refractivity contribution in [2.24, 2.45) is 0 Å². The number of morpholine rings is 1. The molecule has 1 aromatic heterocycles. The van der Waals surface area contributed by atoms with Crippen LogP contribution in [0.5, 0.6) is 0 Å². The van der Waals surface area contributed by atoms with E-state index in [1.54, 1.807) is 0 Å². The Morgan fingerprint density at radius 2 is 2.05 bits per heavy atom. The second-order valence-corrected chi connectivity index (χ2v) is 6.07. The Kier molecular flexibility index (Phi) is 4.39. The lowest BCUT2D eigenvalue weighted by Crippen LogP contribution is -2.50. The monoisotopic (exact) mass is 297 g/mol. The Hall–Kier alpha value is -1.94. The molecule has 0 N–H and O–H groups in total. The van der Waals surface area contributed by atoms with Gasteiger partial charge in [0.1, 0.15) is 11.6 Å². The Balaban J connectivity index is 1.76. The van der Waals surface area contributed by atoms with Crippen LogP contribution in [0.3, 0.4) is 0 Å². The molecule has 0 radical (unpaired) electrons. The Morgan fingerprint density at radius 3 is 2.82 bits per heavy atom. The van der Waals surface area contributed by atoms with Gasteiger partial charge in [-0.05, 0) is 25.0 Å². The second-order valence-electron chi connectivity index (χ2n) is 6.07. The van der Waals surface area contributed by atoms with Crippen molar-refractivity contribution in [2.45, 2.75) is 32.3 Å². The largest absolute Gasteiger partial charge is 0.372 e. The van der Waals surface area contributed by atoms with Gasteiger partial charge in [0, 0.05) is 25.7 Å². The summed E-state index contributed by atoms with van der Waals surface area (Å²) in [4.78, 5) is 11.5. The predicted molar refractivity (Wildman–Crippen MR) is 88.1 cm³/mol. The van der Waals surface area contributed by atoms with Crippen LogP contribution in [0, 0.1) is 0 Å². The third-order valence-electron chi connectivity index (χ3n) is 4.30. The molecule has 1 fully saturated rings. The highest BCUT2D eigenvalue weighted by Crippen LogP contribution is 2.24. The molecule has 1 aliphatic heterocycles. The zero-order chi connectivity index (χ0) is 15.4. The van der Waals surface area contributed by atoms with Crippen LogP contribution >= 0.6 is 0 Å². The minimum atomic E-state index is -0.0806. The van der Waals surface area contributed by atoms with Gasteiger partial charge < -0.3 is 9.64 Å². The van der Waals surface area contributed by atoms with Crippen molar-refractivity contribution in [2.75, 3.05) is 24.6 Å². The summed E-state index contributed by atoms with van der Waals surface area (Å²) in [7, 11) is 0. The Morgan fingerprint density at radius 1 is 1.23 bits per heavy atom. The number of rotatable bonds is 4. The van der Waals surface area contributed by atoms with Crippen molar-refractivity contribution in [3.63, 3.8) is 0 Å². The summed E-state index contributed by atoms with van der Waals surface area (Å²) >= 11 is 0. The normalized spacial score (nSPS) is 21.8. The van der Waals surface area contributed by atoms with Crippen molar-refractivity contribution in [1.29, 1.82) is 0 Å². The van der Waals surface area contributed by atoms with Gasteiger partial charge in [0.15, 0.2) is 0 Å². The maximum atomic E-state index is 5.91. The Labute approximate surface area is 132 Å². The van der Waals surface area contributed by atoms with E-state index in [2.05, 4.69) is 35.9 Å². The summed E-state index contributed by atoms with van der Waals surface area (Å²) in [6.07, 6.45) is 3.63. The van der Waals surface area contributed by atoms with E-state index in [1.807, 2.05) is 30.5 Å². The molecule has 4 nitrogen and oxygen atoms in total. The van der Waals surface area contributed by atoms with E-state index in [0.717, 1.165) is 44.2 Å². The highest BCUT2D eigenvalue weighted by molar-refractivity contribution is 5.39. The lowest BCUT2D eigenvalue weighted by molar-refractivity contribution is -0.0443. The van der Waals surface area contributed by atoms with Gasteiger partial charge >= 0.3 is 0 Å². The topological polar surface area (TPSA) is 38.2 Å². The van der Waals surface area contributed by atoms with Crippen molar-refractivity contribution in [3.05, 3.63) is 54.0 Å². The maximum absolute atomic E-state index is 5.91. The number of aromatic nitrogens is 2. The van der Waals surface area contributed by atoms with Gasteiger partial charge in [-0.3, -0.25) is 0 Å². The first kappa shape index (κ1) is 15.0. The molecule has 2 heterocycles. The van der Waals surface area contributed by atoms with Crippen molar-refractivity contribution >= 4 is 5.82 Å². The van der Waals surface area contributed by atoms with E-state index < -0.39 is 0 Å². The highest BCUT2D eigenvalue weighted by atomic mass is 16.5. The van der Waals surface area contributed by atoms with Gasteiger partial charge in [0.2, 0.25) is 0 Å². The molecule has 0 aliphatic carbocycles. The lowest BCUT2D eigenvalue weighted by atomic mass is 10.0. The van der Waals surface area contributed by atoms with E-state index in [4.69, 9.17) is 9.72 Å². The summed E-state index contributed by atoms with van der Waals surface area (Å²) in [6, 6.07) is 12.3. The molecule has 1 unspecified atom stereocenters. The molecular weight excluding hydrogens is 274 g/mol. The van der Waals surface area contributed by atoms with Crippen molar-refractivity contribution in [3.8, 4) is 0 Å². The SMILES string of the molecule is CCC1(C)CN(c2ccnc(Cc3ccccc3)n2)CCO1. The van der Waals surface area contributed by atoms with Gasteiger partial charge in [-0.15, -0.1) is 0 Å². The minimum Gasteiger partial charge on any atom is -0.372 e. The number of nitrogens with zero attached hydrogens (tertiary/aromatic N) is 3. The minimum absolute atomic E-state index is 0.0806. The molecule has 22 heavy (non-hydrogen) atoms. The van der Waals surface area contributed by atoms with Crippen LogP contribution in [0.1, 0.15) is 31.7 Å². The van der Waals surface area contributed by atoms with Crippen LogP contribution in [0.2, 0.25) is 0 Å². The molecular formula is C18H23N3O. The first-order chi connectivity index (χ1) is 10.7. The molecule has 0 bridgehead atoms. The molecule has 116 valence electrons. The number of benzene rings is 1. The summed E-state index contributed by atoms with van der Waals surface area (Å²) in [6.45, 7) is 6.86. The highest BCUT2D eigenvalue weighted by Gasteiger charge is 2.30. The first-order valence-corrected chi connectivity index (χ1v) is 7.93. The van der Waals surface area contributed by atoms with Gasteiger partial charge in [-0.25, -0.2) is 9.97 Å². The number of ether oxygens (including phenoxy) is 1. The molecule has 1 aliphatic rings. The molecule has 1 aromatic carbocycles. The average Bonchev–Trinajstić information content (AvgIpc) is 2.56. The van der Waals surface area contributed by atoms with E-state index in [1.165, 1.54) is 5.56 Å². The molecule has 4 heteroatoms. The van der Waals surface area contributed by atoms with E-state index in [9.17, 15) is 0 Å². The fourth-order valence-electron chi connectivity index (χ4n) is 2.77. The summed E-state index contributed by atoms with van der Waals surface area (Å²) in [5.41, 5.74) is 1.16. The van der Waals surface area contributed by atoms with Gasteiger partial charge in [0.05, 0.1) is 12.2 Å². The molecule has 2 aromatic rings. The van der Waals surface area contributed by atoms with Crippen LogP contribution in [0.4, 0.5) is 5.82 Å². The molecule has 1 saturated heterocycles. The molecule has 1 atom stereocenters. The van der Waals surface area contributed by atoms with Crippen LogP contribution in [-0.4, -0.2) is 35.3 Å². The molecule has 0 saturated carbocycles. The van der Waals surface area contributed by atoms with Gasteiger partial charge in [-0.2, -0.15) is 0 Å². The van der Waals surface area contributed by atoms with Crippen molar-refractivity contribution in [1.82, 2.24) is 9.97 Å². The summed E-state index contributed by atoms with van der Waals surface area (Å²) in [5, 5.41) is 0. The van der Waals surface area contributed by atoms with E-state index >= 15 is 0 Å². The zero-order valence-electron chi connectivity index (χ0n) is 13.3. The first-order valence-electron chi connectivity index (χ1n) is 7.93. The number of hydrogen-bond donors (Lipinski definition) is 0. The van der Waals surface area contributed by atoms with Gasteiger partial charge in [-0.1, -0.05) is 37.3 Å². The van der Waals surface area contributed by atoms with Crippen molar-refractivity contribution < 1.29 is 4.74 Å². The number of hydrogen-bond acceptors (Lipinski definition) is 4. The van der Waals surface area contributed by atoms with Crippen LogP contribution in [0.25, 0.3) is 0 Å². The van der Waals surface area contributed by atoms with Crippen LogP contribution < -0.4 is 4.90 Å². The lowest BCUT2D eigenvalue weighted by Gasteiger charge is -2.40. The fraction of sp³-hybridized carbons (Fsp3) is 0.444. The van der Waals surface area contributed by atoms with E-state index in [-0.39, 0.29) is 5.60 Å². The third-order valence-corrected chi connectivity index (χ3v) is 4.30. The smallest absolute Gasteiger partial charge is 0.135 e. The summed E-state index contributed by atoms with van der Waals surface area (Å²) in [5.74, 6) is 1.87. The third kappa shape index (κ3) is 3.45. The fourth-order valence-corrected chi connectivity index (χ4v) is 2.77. The van der Waals surface area contributed by atoms with Crippen LogP contribution in [0.15, 0.2) is 42.6 Å². The predicted octanol–water partition coefficient (Wildman–Crippen LogP) is 3.07. The zero-order valence-corrected chi connectivity index (χ0v) is 13.3. The van der Waals surface area contributed by atoms with E-state index in [0.29, 0.717) is 0 Å². The molecule has 3 rings (SSSR count). The van der Waals surface area contributed by atoms with Gasteiger partial charge in [0.25, 0.3) is 0 Å². The average molecular weight is 297 g/mol. The molecule has 0 amide bonds. The Bertz CT molecular complexity index is 617. The molecule has 0 spiro atoms. The second kappa shape index (κ2) is 6.44. The number of anilines is 1. The van der Waals surface area contributed by atoms with Crippen LogP contribution in [-0.2, 0) is 11.2 Å². The standard InChI is InChI=1S/C18H23N3O/c1-3-18(2)14-21(11-12-22-18)17-9-10-19-16(20-17)13-15-7-5-4-6-8-15/h4-10H,3,11-14H2,1-2H3. The maximum Gasteiger partial charge on any atom is 0.135 e. The summed E-state index contributed by atoms with van der Waals surface area (Å²) < 4.78 is 5.91. The quantitative estimate of drug-likeness (QED) is 0.869.